The van der Waals surface area contributed by atoms with Gasteiger partial charge in [-0.15, -0.1) is 13.2 Å². The standard InChI is InChI=1S/C21H26F3N5O2/c1-14-12-29(13-15(2)30-14)19-8-5-17(10-26-19)11-28-20(25)27-9-16-3-6-18(7-4-16)31-21(22,23)24/h3-8,10,14-15H,9,11-13H2,1-2H3,(H3,25,27,28). The van der Waals surface area contributed by atoms with Crippen LogP contribution in [0.4, 0.5) is 19.0 Å². The monoisotopic (exact) mass is 437 g/mol. The van der Waals surface area contributed by atoms with Crippen molar-refractivity contribution in [1.82, 2.24) is 10.3 Å². The first kappa shape index (κ1) is 22.7. The number of nitrogens with zero attached hydrogens (tertiary/aromatic N) is 3. The van der Waals surface area contributed by atoms with Gasteiger partial charge in [0.25, 0.3) is 0 Å². The number of aliphatic imine (C=N–C) groups is 1. The molecule has 168 valence electrons. The van der Waals surface area contributed by atoms with Crippen LogP contribution in [0.3, 0.4) is 0 Å². The van der Waals surface area contributed by atoms with Gasteiger partial charge in [-0.25, -0.2) is 9.98 Å². The highest BCUT2D eigenvalue weighted by Gasteiger charge is 2.30. The van der Waals surface area contributed by atoms with Crippen LogP contribution in [0, 0.1) is 0 Å². The number of nitrogens with two attached hydrogens (primary N) is 1. The molecule has 0 saturated carbocycles. The highest BCUT2D eigenvalue weighted by atomic mass is 19.4. The van der Waals surface area contributed by atoms with Crippen LogP contribution >= 0.6 is 0 Å². The minimum Gasteiger partial charge on any atom is -0.406 e. The lowest BCUT2D eigenvalue weighted by molar-refractivity contribution is -0.274. The molecule has 1 aromatic carbocycles. The molecule has 7 nitrogen and oxygen atoms in total. The molecule has 0 spiro atoms. The normalized spacial score (nSPS) is 19.9. The summed E-state index contributed by atoms with van der Waals surface area (Å²) in [4.78, 5) is 11.0. The Bertz CT molecular complexity index is 862. The quantitative estimate of drug-likeness (QED) is 0.533. The summed E-state index contributed by atoms with van der Waals surface area (Å²) >= 11 is 0. The summed E-state index contributed by atoms with van der Waals surface area (Å²) in [5, 5.41) is 2.93. The van der Waals surface area contributed by atoms with Crippen molar-refractivity contribution in [1.29, 1.82) is 0 Å². The van der Waals surface area contributed by atoms with E-state index >= 15 is 0 Å². The Balaban J connectivity index is 1.48. The second kappa shape index (κ2) is 9.86. The predicted octanol–water partition coefficient (Wildman–Crippen LogP) is 3.20. The molecule has 31 heavy (non-hydrogen) atoms. The van der Waals surface area contributed by atoms with E-state index < -0.39 is 6.36 Å². The average Bonchev–Trinajstić information content (AvgIpc) is 2.70. The zero-order chi connectivity index (χ0) is 22.4. The van der Waals surface area contributed by atoms with E-state index in [4.69, 9.17) is 10.5 Å². The van der Waals surface area contributed by atoms with Gasteiger partial charge in [-0.1, -0.05) is 18.2 Å². The molecule has 3 N–H and O–H groups in total. The molecule has 0 aliphatic carbocycles. The van der Waals surface area contributed by atoms with E-state index in [0.29, 0.717) is 13.1 Å². The molecule has 2 atom stereocenters. The minimum absolute atomic E-state index is 0.161. The van der Waals surface area contributed by atoms with Gasteiger partial charge in [0.1, 0.15) is 11.6 Å². The number of halogens is 3. The first-order chi connectivity index (χ1) is 14.7. The van der Waals surface area contributed by atoms with Crippen molar-refractivity contribution in [2.24, 2.45) is 10.7 Å². The molecule has 1 aliphatic heterocycles. The van der Waals surface area contributed by atoms with Crippen LogP contribution in [0.2, 0.25) is 0 Å². The third-order valence-corrected chi connectivity index (χ3v) is 4.62. The maximum Gasteiger partial charge on any atom is 0.573 e. The number of rotatable bonds is 6. The van der Waals surface area contributed by atoms with Crippen LogP contribution in [0.15, 0.2) is 47.6 Å². The molecular weight excluding hydrogens is 411 g/mol. The predicted molar refractivity (Wildman–Crippen MR) is 112 cm³/mol. The summed E-state index contributed by atoms with van der Waals surface area (Å²) in [6.45, 7) is 6.38. The SMILES string of the molecule is CC1CN(c2ccc(CN=C(N)NCc3ccc(OC(F)(F)F)cc3)cn2)CC(C)O1. The van der Waals surface area contributed by atoms with Gasteiger partial charge in [-0.05, 0) is 43.2 Å². The Morgan fingerprint density at radius 3 is 2.39 bits per heavy atom. The van der Waals surface area contributed by atoms with Crippen LogP contribution in [0.1, 0.15) is 25.0 Å². The Morgan fingerprint density at radius 2 is 1.81 bits per heavy atom. The topological polar surface area (TPSA) is 85.0 Å². The summed E-state index contributed by atoms with van der Waals surface area (Å²) in [5.74, 6) is 0.865. The first-order valence-corrected chi connectivity index (χ1v) is 9.92. The fourth-order valence-corrected chi connectivity index (χ4v) is 3.30. The molecular formula is C21H26F3N5O2. The maximum atomic E-state index is 12.2. The van der Waals surface area contributed by atoms with Crippen LogP contribution in [-0.2, 0) is 17.8 Å². The van der Waals surface area contributed by atoms with Gasteiger partial charge in [-0.2, -0.15) is 0 Å². The Hall–Kier alpha value is -3.01. The van der Waals surface area contributed by atoms with Crippen LogP contribution in [-0.4, -0.2) is 42.6 Å². The number of ether oxygens (including phenoxy) is 2. The number of morpholine rings is 1. The van der Waals surface area contributed by atoms with Crippen molar-refractivity contribution in [2.45, 2.75) is 45.5 Å². The number of alkyl halides is 3. The number of anilines is 1. The summed E-state index contributed by atoms with van der Waals surface area (Å²) < 4.78 is 46.2. The fourth-order valence-electron chi connectivity index (χ4n) is 3.30. The summed E-state index contributed by atoms with van der Waals surface area (Å²) in [6.07, 6.45) is -2.61. The molecule has 2 unspecified atom stereocenters. The van der Waals surface area contributed by atoms with Gasteiger partial charge >= 0.3 is 6.36 Å². The molecule has 3 rings (SSSR count). The zero-order valence-electron chi connectivity index (χ0n) is 17.4. The van der Waals surface area contributed by atoms with E-state index in [9.17, 15) is 13.2 Å². The molecule has 2 aromatic rings. The molecule has 0 amide bonds. The summed E-state index contributed by atoms with van der Waals surface area (Å²) in [5.41, 5.74) is 7.54. The lowest BCUT2D eigenvalue weighted by Gasteiger charge is -2.36. The molecule has 0 radical (unpaired) electrons. The van der Waals surface area contributed by atoms with E-state index in [1.54, 1.807) is 6.20 Å². The van der Waals surface area contributed by atoms with Crippen molar-refractivity contribution < 1.29 is 22.6 Å². The number of hydrogen-bond acceptors (Lipinski definition) is 5. The molecule has 0 bridgehead atoms. The second-order valence-electron chi connectivity index (χ2n) is 7.43. The van der Waals surface area contributed by atoms with Crippen molar-refractivity contribution in [3.63, 3.8) is 0 Å². The highest BCUT2D eigenvalue weighted by molar-refractivity contribution is 5.77. The third-order valence-electron chi connectivity index (χ3n) is 4.62. The zero-order valence-corrected chi connectivity index (χ0v) is 17.4. The van der Waals surface area contributed by atoms with Gasteiger partial charge in [-0.3, -0.25) is 0 Å². The molecule has 1 aliphatic rings. The lowest BCUT2D eigenvalue weighted by Crippen LogP contribution is -2.45. The smallest absolute Gasteiger partial charge is 0.406 e. The summed E-state index contributed by atoms with van der Waals surface area (Å²) in [7, 11) is 0. The van der Waals surface area contributed by atoms with Crippen LogP contribution in [0.25, 0.3) is 0 Å². The maximum absolute atomic E-state index is 12.2. The minimum atomic E-state index is -4.71. The first-order valence-electron chi connectivity index (χ1n) is 9.92. The Kier molecular flexibility index (Phi) is 7.21. The number of hydrogen-bond donors (Lipinski definition) is 2. The largest absolute Gasteiger partial charge is 0.573 e. The summed E-state index contributed by atoms with van der Waals surface area (Å²) in [6, 6.07) is 9.48. The number of benzene rings is 1. The van der Waals surface area contributed by atoms with Gasteiger partial charge in [0.2, 0.25) is 0 Å². The molecule has 1 aromatic heterocycles. The number of guanidine groups is 1. The second-order valence-corrected chi connectivity index (χ2v) is 7.43. The number of pyridine rings is 1. The Morgan fingerprint density at radius 1 is 1.16 bits per heavy atom. The van der Waals surface area contributed by atoms with Gasteiger partial charge in [0.15, 0.2) is 5.96 Å². The van der Waals surface area contributed by atoms with Crippen molar-refractivity contribution in [3.05, 3.63) is 53.7 Å². The van der Waals surface area contributed by atoms with E-state index in [1.807, 2.05) is 26.0 Å². The van der Waals surface area contributed by atoms with Crippen molar-refractivity contribution >= 4 is 11.8 Å². The highest BCUT2D eigenvalue weighted by Crippen LogP contribution is 2.22. The van der Waals surface area contributed by atoms with E-state index in [1.165, 1.54) is 24.3 Å². The van der Waals surface area contributed by atoms with Gasteiger partial charge in [0, 0.05) is 25.8 Å². The van der Waals surface area contributed by atoms with E-state index in [2.05, 4.69) is 24.9 Å². The van der Waals surface area contributed by atoms with Gasteiger partial charge < -0.3 is 25.4 Å². The van der Waals surface area contributed by atoms with Crippen LogP contribution in [0.5, 0.6) is 5.75 Å². The number of nitrogens with one attached hydrogen (secondary N) is 1. The lowest BCUT2D eigenvalue weighted by atomic mass is 10.2. The Labute approximate surface area is 179 Å². The van der Waals surface area contributed by atoms with E-state index in [0.717, 1.165) is 30.0 Å². The third kappa shape index (κ3) is 7.32. The molecule has 1 fully saturated rings. The van der Waals surface area contributed by atoms with Crippen LogP contribution < -0.4 is 20.7 Å². The van der Waals surface area contributed by atoms with E-state index in [-0.39, 0.29) is 23.9 Å². The van der Waals surface area contributed by atoms with Gasteiger partial charge in [0.05, 0.1) is 18.8 Å². The fraction of sp³-hybridized carbons (Fsp3) is 0.429. The molecule has 2 heterocycles. The van der Waals surface area contributed by atoms with Crippen molar-refractivity contribution in [2.75, 3.05) is 18.0 Å². The molecule has 10 heteroatoms. The van der Waals surface area contributed by atoms with Crippen molar-refractivity contribution in [3.8, 4) is 5.75 Å². The average molecular weight is 437 g/mol. The number of aromatic nitrogens is 1. The molecule has 1 saturated heterocycles.